The largest absolute Gasteiger partial charge is 0.300 e. The monoisotopic (exact) mass is 343 g/mol. The molecule has 0 fully saturated rings. The molecule has 26 heavy (non-hydrogen) atoms. The number of nitrogens with one attached hydrogen (secondary N) is 1. The molecular formula is C25H29N. The predicted octanol–water partition coefficient (Wildman–Crippen LogP) is 5.90. The summed E-state index contributed by atoms with van der Waals surface area (Å²) in [5.74, 6) is 0. The summed E-state index contributed by atoms with van der Waals surface area (Å²) in [6.45, 7) is 9.60. The summed E-state index contributed by atoms with van der Waals surface area (Å²) in [7, 11) is 0. The van der Waals surface area contributed by atoms with Crippen molar-refractivity contribution in [3.8, 4) is 0 Å². The van der Waals surface area contributed by atoms with E-state index in [1.165, 1.54) is 33.4 Å². The fourth-order valence-electron chi connectivity index (χ4n) is 3.53. The Kier molecular flexibility index (Phi) is 5.58. The Bertz CT molecular complexity index is 716. The van der Waals surface area contributed by atoms with Gasteiger partial charge in [0.25, 0.3) is 0 Å². The fourth-order valence-corrected chi connectivity index (χ4v) is 3.53. The van der Waals surface area contributed by atoms with E-state index in [1.807, 2.05) is 0 Å². The molecule has 3 aromatic rings. The molecule has 0 radical (unpaired) electrons. The maximum atomic E-state index is 3.89. The van der Waals surface area contributed by atoms with Crippen molar-refractivity contribution in [3.05, 3.63) is 106 Å². The normalized spacial score (nSPS) is 11.5. The van der Waals surface area contributed by atoms with Crippen LogP contribution in [0.2, 0.25) is 0 Å². The molecule has 0 aromatic heterocycles. The highest BCUT2D eigenvalue weighted by molar-refractivity contribution is 5.50. The van der Waals surface area contributed by atoms with E-state index in [0.29, 0.717) is 0 Å². The Labute approximate surface area is 158 Å². The molecule has 1 heteroatoms. The number of benzene rings is 3. The summed E-state index contributed by atoms with van der Waals surface area (Å²) in [4.78, 5) is 0. The lowest BCUT2D eigenvalue weighted by molar-refractivity contribution is 0.472. The van der Waals surface area contributed by atoms with Gasteiger partial charge in [0.15, 0.2) is 0 Å². The fraction of sp³-hybridized carbons (Fsp3) is 0.280. The summed E-state index contributed by atoms with van der Waals surface area (Å²) in [5.41, 5.74) is 7.35. The molecule has 1 nitrogen and oxygen atoms in total. The van der Waals surface area contributed by atoms with Crippen LogP contribution in [0.25, 0.3) is 0 Å². The first-order valence-corrected chi connectivity index (χ1v) is 9.52. The highest BCUT2D eigenvalue weighted by Gasteiger charge is 2.35. The van der Waals surface area contributed by atoms with Crippen LogP contribution in [0.4, 0.5) is 0 Å². The summed E-state index contributed by atoms with van der Waals surface area (Å²) in [5, 5.41) is 3.89. The zero-order valence-corrected chi connectivity index (χ0v) is 16.3. The second kappa shape index (κ2) is 7.88. The van der Waals surface area contributed by atoms with E-state index in [-0.39, 0.29) is 5.54 Å². The molecule has 3 aromatic carbocycles. The van der Waals surface area contributed by atoms with Crippen LogP contribution in [0.5, 0.6) is 0 Å². The van der Waals surface area contributed by atoms with Crippen molar-refractivity contribution in [2.75, 3.05) is 6.54 Å². The van der Waals surface area contributed by atoms with Crippen molar-refractivity contribution in [2.24, 2.45) is 0 Å². The summed E-state index contributed by atoms with van der Waals surface area (Å²) >= 11 is 0. The molecule has 0 saturated carbocycles. The van der Waals surface area contributed by atoms with E-state index in [0.717, 1.165) is 13.0 Å². The number of hydrogen-bond acceptors (Lipinski definition) is 1. The van der Waals surface area contributed by atoms with E-state index in [1.54, 1.807) is 0 Å². The van der Waals surface area contributed by atoms with Gasteiger partial charge in [-0.2, -0.15) is 0 Å². The summed E-state index contributed by atoms with van der Waals surface area (Å²) in [6, 6.07) is 26.8. The first-order chi connectivity index (χ1) is 12.6. The molecule has 0 saturated heterocycles. The molecule has 0 aliphatic carbocycles. The van der Waals surface area contributed by atoms with Gasteiger partial charge in [-0.25, -0.2) is 0 Å². The van der Waals surface area contributed by atoms with Crippen molar-refractivity contribution >= 4 is 0 Å². The molecule has 3 rings (SSSR count). The smallest absolute Gasteiger partial charge is 0.0947 e. The Morgan fingerprint density at radius 3 is 1.15 bits per heavy atom. The zero-order chi connectivity index (χ0) is 18.6. The lowest BCUT2D eigenvalue weighted by atomic mass is 9.76. The quantitative estimate of drug-likeness (QED) is 0.549. The van der Waals surface area contributed by atoms with Gasteiger partial charge >= 0.3 is 0 Å². The van der Waals surface area contributed by atoms with Crippen LogP contribution in [0.3, 0.4) is 0 Å². The van der Waals surface area contributed by atoms with Crippen LogP contribution >= 0.6 is 0 Å². The minimum atomic E-state index is -0.342. The van der Waals surface area contributed by atoms with Crippen LogP contribution < -0.4 is 5.32 Å². The van der Waals surface area contributed by atoms with Gasteiger partial charge in [-0.05, 0) is 50.4 Å². The second-order valence-electron chi connectivity index (χ2n) is 7.27. The molecule has 0 atom stereocenters. The molecule has 0 amide bonds. The molecule has 0 bridgehead atoms. The Morgan fingerprint density at radius 2 is 0.885 bits per heavy atom. The van der Waals surface area contributed by atoms with Crippen molar-refractivity contribution in [1.82, 2.24) is 5.32 Å². The average Bonchev–Trinajstić information content (AvgIpc) is 2.66. The van der Waals surface area contributed by atoms with Gasteiger partial charge < -0.3 is 5.32 Å². The summed E-state index contributed by atoms with van der Waals surface area (Å²) < 4.78 is 0. The van der Waals surface area contributed by atoms with Crippen LogP contribution in [0.1, 0.15) is 46.7 Å². The van der Waals surface area contributed by atoms with E-state index in [2.05, 4.69) is 106 Å². The minimum absolute atomic E-state index is 0.342. The van der Waals surface area contributed by atoms with Crippen molar-refractivity contribution in [3.63, 3.8) is 0 Å². The maximum absolute atomic E-state index is 3.89. The molecule has 134 valence electrons. The van der Waals surface area contributed by atoms with Crippen LogP contribution in [0, 0.1) is 20.8 Å². The van der Waals surface area contributed by atoms with Crippen LogP contribution in [0.15, 0.2) is 72.8 Å². The molecule has 0 spiro atoms. The first kappa shape index (κ1) is 18.4. The molecule has 0 unspecified atom stereocenters. The number of aryl methyl sites for hydroxylation is 3. The zero-order valence-electron chi connectivity index (χ0n) is 16.3. The number of rotatable bonds is 6. The molecule has 0 heterocycles. The van der Waals surface area contributed by atoms with Gasteiger partial charge in [-0.3, -0.25) is 0 Å². The first-order valence-electron chi connectivity index (χ1n) is 9.52. The Hall–Kier alpha value is -2.38. The van der Waals surface area contributed by atoms with Crippen molar-refractivity contribution in [2.45, 2.75) is 39.7 Å². The third-order valence-corrected chi connectivity index (χ3v) is 5.09. The van der Waals surface area contributed by atoms with Gasteiger partial charge in [-0.15, -0.1) is 0 Å². The Morgan fingerprint density at radius 1 is 0.577 bits per heavy atom. The summed E-state index contributed by atoms with van der Waals surface area (Å²) in [6.07, 6.45) is 1.09. The third kappa shape index (κ3) is 3.59. The van der Waals surface area contributed by atoms with Gasteiger partial charge in [0, 0.05) is 0 Å². The highest BCUT2D eigenvalue weighted by Crippen LogP contribution is 2.37. The highest BCUT2D eigenvalue weighted by atomic mass is 15.0. The Balaban J connectivity index is 2.27. The lowest BCUT2D eigenvalue weighted by Crippen LogP contribution is -2.45. The molecule has 1 N–H and O–H groups in total. The maximum Gasteiger partial charge on any atom is 0.0947 e. The van der Waals surface area contributed by atoms with E-state index in [4.69, 9.17) is 0 Å². The van der Waals surface area contributed by atoms with E-state index >= 15 is 0 Å². The van der Waals surface area contributed by atoms with Gasteiger partial charge in [0.2, 0.25) is 0 Å². The van der Waals surface area contributed by atoms with E-state index < -0.39 is 0 Å². The third-order valence-electron chi connectivity index (χ3n) is 5.09. The average molecular weight is 344 g/mol. The lowest BCUT2D eigenvalue weighted by Gasteiger charge is -2.37. The molecule has 0 aliphatic heterocycles. The van der Waals surface area contributed by atoms with E-state index in [9.17, 15) is 0 Å². The topological polar surface area (TPSA) is 12.0 Å². The second-order valence-corrected chi connectivity index (χ2v) is 7.27. The molecular weight excluding hydrogens is 314 g/mol. The SMILES string of the molecule is CCCNC(c1ccc(C)cc1)(c1ccc(C)cc1)c1ccc(C)cc1. The van der Waals surface area contributed by atoms with Crippen LogP contribution in [-0.4, -0.2) is 6.54 Å². The predicted molar refractivity (Wildman–Crippen MR) is 112 cm³/mol. The standard InChI is InChI=1S/C25H29N/c1-5-18-26-25(22-12-6-19(2)7-13-22,23-14-8-20(3)9-15-23)24-16-10-21(4)11-17-24/h6-17,26H,5,18H2,1-4H3. The van der Waals surface area contributed by atoms with Crippen LogP contribution in [-0.2, 0) is 5.54 Å². The number of hydrogen-bond donors (Lipinski definition) is 1. The minimum Gasteiger partial charge on any atom is -0.300 e. The van der Waals surface area contributed by atoms with Crippen molar-refractivity contribution in [1.29, 1.82) is 0 Å². The van der Waals surface area contributed by atoms with Gasteiger partial charge in [0.1, 0.15) is 0 Å². The molecule has 0 aliphatic rings. The van der Waals surface area contributed by atoms with Gasteiger partial charge in [-0.1, -0.05) is 96.4 Å². The van der Waals surface area contributed by atoms with Crippen molar-refractivity contribution < 1.29 is 0 Å². The van der Waals surface area contributed by atoms with Gasteiger partial charge in [0.05, 0.1) is 5.54 Å².